The van der Waals surface area contributed by atoms with E-state index in [1.54, 1.807) is 5.56 Å². The van der Waals surface area contributed by atoms with Crippen molar-refractivity contribution in [1.82, 2.24) is 0 Å². The maximum Gasteiger partial charge on any atom is -0.0181 e. The van der Waals surface area contributed by atoms with Gasteiger partial charge in [-0.05, 0) is 116 Å². The molecule has 2 aliphatic carbocycles. The van der Waals surface area contributed by atoms with Crippen LogP contribution in [-0.4, -0.2) is 0 Å². The monoisotopic (exact) mass is 458 g/mol. The Morgan fingerprint density at radius 3 is 1.91 bits per heavy atom. The van der Waals surface area contributed by atoms with Crippen molar-refractivity contribution in [3.63, 3.8) is 0 Å². The van der Waals surface area contributed by atoms with Crippen molar-refractivity contribution >= 4 is 10.8 Å². The van der Waals surface area contributed by atoms with E-state index in [0.29, 0.717) is 0 Å². The topological polar surface area (TPSA) is 0 Å². The van der Waals surface area contributed by atoms with Gasteiger partial charge >= 0.3 is 0 Å². The highest BCUT2D eigenvalue weighted by molar-refractivity contribution is 5.83. The number of benzene rings is 2. The number of hydrogen-bond donors (Lipinski definition) is 0. The van der Waals surface area contributed by atoms with E-state index in [1.807, 2.05) is 0 Å². The predicted octanol–water partition coefficient (Wildman–Crippen LogP) is 10.5. The summed E-state index contributed by atoms with van der Waals surface area (Å²) in [6.07, 6.45) is 27.2. The fourth-order valence-corrected chi connectivity index (χ4v) is 6.82. The zero-order valence-electron chi connectivity index (χ0n) is 22.2. The minimum Gasteiger partial charge on any atom is -0.0883 e. The van der Waals surface area contributed by atoms with Gasteiger partial charge in [-0.25, -0.2) is 0 Å². The molecule has 2 fully saturated rings. The zero-order chi connectivity index (χ0) is 23.6. The summed E-state index contributed by atoms with van der Waals surface area (Å²) in [4.78, 5) is 0. The molecule has 2 saturated carbocycles. The lowest BCUT2D eigenvalue weighted by atomic mass is 9.68. The fraction of sp³-hybridized carbons (Fsp3) is 0.647. The second kappa shape index (κ2) is 13.5. The van der Waals surface area contributed by atoms with Crippen LogP contribution in [0.2, 0.25) is 0 Å². The molecular formula is C34H50. The second-order valence-electron chi connectivity index (χ2n) is 11.7. The molecule has 0 aliphatic heterocycles. The Balaban J connectivity index is 1.19. The first-order valence-electron chi connectivity index (χ1n) is 14.9. The summed E-state index contributed by atoms with van der Waals surface area (Å²) in [5.41, 5.74) is 3.05. The van der Waals surface area contributed by atoms with Crippen LogP contribution in [-0.2, 0) is 12.8 Å². The number of fused-ring (bicyclic) bond motifs is 1. The first kappa shape index (κ1) is 25.5. The highest BCUT2D eigenvalue weighted by atomic mass is 14.4. The molecule has 2 aliphatic rings. The van der Waals surface area contributed by atoms with Gasteiger partial charge in [0.1, 0.15) is 0 Å². The molecule has 0 N–H and O–H groups in total. The summed E-state index contributed by atoms with van der Waals surface area (Å²) in [5, 5.41) is 2.86. The van der Waals surface area contributed by atoms with E-state index < -0.39 is 0 Å². The van der Waals surface area contributed by atoms with Crippen molar-refractivity contribution in [2.45, 2.75) is 117 Å². The summed E-state index contributed by atoms with van der Waals surface area (Å²) < 4.78 is 0. The third-order valence-electron chi connectivity index (χ3n) is 9.12. The minimum atomic E-state index is 0.883. The zero-order valence-corrected chi connectivity index (χ0v) is 22.2. The Kier molecular flexibility index (Phi) is 10.1. The van der Waals surface area contributed by atoms with E-state index in [-0.39, 0.29) is 0 Å². The SMILES string of the molecule is CCC/C=C/C1CCC(C2CCC(CCc3ccc4cc(CCCCC)ccc4c3)CC2)CC1. The molecule has 4 rings (SSSR count). The quantitative estimate of drug-likeness (QED) is 0.232. The number of allylic oxidation sites excluding steroid dienone is 2. The van der Waals surface area contributed by atoms with Crippen LogP contribution in [0.1, 0.15) is 115 Å². The Morgan fingerprint density at radius 2 is 1.29 bits per heavy atom. The predicted molar refractivity (Wildman–Crippen MR) is 150 cm³/mol. The Labute approximate surface area is 210 Å². The normalized spacial score (nSPS) is 25.8. The molecule has 0 saturated heterocycles. The molecule has 0 amide bonds. The molecule has 0 aromatic heterocycles. The minimum absolute atomic E-state index is 0.883. The first-order chi connectivity index (χ1) is 16.7. The molecule has 0 atom stereocenters. The van der Waals surface area contributed by atoms with Crippen LogP contribution in [0.25, 0.3) is 10.8 Å². The van der Waals surface area contributed by atoms with Gasteiger partial charge in [-0.15, -0.1) is 0 Å². The lowest BCUT2D eigenvalue weighted by Crippen LogP contribution is -2.25. The first-order valence-corrected chi connectivity index (χ1v) is 14.9. The molecule has 0 spiro atoms. The van der Waals surface area contributed by atoms with Crippen LogP contribution in [0.4, 0.5) is 0 Å². The summed E-state index contributed by atoms with van der Waals surface area (Å²) in [6, 6.07) is 14.4. The maximum absolute atomic E-state index is 2.54. The highest BCUT2D eigenvalue weighted by Crippen LogP contribution is 2.42. The molecule has 2 aromatic carbocycles. The molecule has 186 valence electrons. The van der Waals surface area contributed by atoms with E-state index in [0.717, 1.165) is 23.7 Å². The van der Waals surface area contributed by atoms with Gasteiger partial charge in [-0.3, -0.25) is 0 Å². The molecule has 34 heavy (non-hydrogen) atoms. The van der Waals surface area contributed by atoms with E-state index >= 15 is 0 Å². The van der Waals surface area contributed by atoms with Crippen molar-refractivity contribution in [2.24, 2.45) is 23.7 Å². The van der Waals surface area contributed by atoms with E-state index in [9.17, 15) is 0 Å². The second-order valence-corrected chi connectivity index (χ2v) is 11.7. The van der Waals surface area contributed by atoms with Crippen LogP contribution in [0.3, 0.4) is 0 Å². The Hall–Kier alpha value is -1.56. The third kappa shape index (κ3) is 7.47. The van der Waals surface area contributed by atoms with Gasteiger partial charge in [-0.2, -0.15) is 0 Å². The molecule has 0 bridgehead atoms. The molecule has 0 radical (unpaired) electrons. The molecule has 0 heteroatoms. The van der Waals surface area contributed by atoms with Gasteiger partial charge in [0, 0.05) is 0 Å². The average molecular weight is 459 g/mol. The van der Waals surface area contributed by atoms with Crippen LogP contribution >= 0.6 is 0 Å². The van der Waals surface area contributed by atoms with Crippen LogP contribution in [0, 0.1) is 23.7 Å². The van der Waals surface area contributed by atoms with Crippen molar-refractivity contribution in [3.8, 4) is 0 Å². The van der Waals surface area contributed by atoms with Crippen LogP contribution in [0.5, 0.6) is 0 Å². The van der Waals surface area contributed by atoms with Gasteiger partial charge in [0.25, 0.3) is 0 Å². The van der Waals surface area contributed by atoms with Crippen LogP contribution in [0.15, 0.2) is 48.6 Å². The molecular weight excluding hydrogens is 408 g/mol. The number of rotatable bonds is 11. The van der Waals surface area contributed by atoms with Gasteiger partial charge in [0.05, 0.1) is 0 Å². The number of unbranched alkanes of at least 4 members (excludes halogenated alkanes) is 3. The molecule has 2 aromatic rings. The van der Waals surface area contributed by atoms with E-state index in [1.165, 1.54) is 119 Å². The maximum atomic E-state index is 2.54. The smallest absolute Gasteiger partial charge is 0.0181 e. The average Bonchev–Trinajstić information content (AvgIpc) is 2.88. The lowest BCUT2D eigenvalue weighted by molar-refractivity contribution is 0.152. The molecule has 0 nitrogen and oxygen atoms in total. The summed E-state index contributed by atoms with van der Waals surface area (Å²) in [7, 11) is 0. The summed E-state index contributed by atoms with van der Waals surface area (Å²) >= 11 is 0. The number of hydrogen-bond acceptors (Lipinski definition) is 0. The largest absolute Gasteiger partial charge is 0.0883 e. The van der Waals surface area contributed by atoms with Gasteiger partial charge < -0.3 is 0 Å². The van der Waals surface area contributed by atoms with Crippen molar-refractivity contribution in [2.75, 3.05) is 0 Å². The van der Waals surface area contributed by atoms with E-state index in [4.69, 9.17) is 0 Å². The van der Waals surface area contributed by atoms with Gasteiger partial charge in [0.15, 0.2) is 0 Å². The van der Waals surface area contributed by atoms with Crippen molar-refractivity contribution in [3.05, 3.63) is 59.7 Å². The third-order valence-corrected chi connectivity index (χ3v) is 9.12. The number of aryl methyl sites for hydroxylation is 2. The Bertz CT molecular complexity index is 874. The lowest BCUT2D eigenvalue weighted by Gasteiger charge is -2.37. The van der Waals surface area contributed by atoms with Gasteiger partial charge in [-0.1, -0.05) is 94.5 Å². The standard InChI is InChI=1S/C34H50/c1-3-5-7-9-27-13-19-31(20-14-27)32-21-15-28(16-22-32)11-12-30-18-24-33-25-29(10-8-6-4-2)17-23-34(33)26-30/h7,9,17-18,23-28,31-32H,3-6,8,10-16,19-22H2,1-2H3/b9-7+. The summed E-state index contributed by atoms with van der Waals surface area (Å²) in [6.45, 7) is 4.57. The molecule has 0 heterocycles. The Morgan fingerprint density at radius 1 is 0.676 bits per heavy atom. The van der Waals surface area contributed by atoms with Crippen molar-refractivity contribution < 1.29 is 0 Å². The van der Waals surface area contributed by atoms with Crippen molar-refractivity contribution in [1.29, 1.82) is 0 Å². The fourth-order valence-electron chi connectivity index (χ4n) is 6.82. The highest BCUT2D eigenvalue weighted by Gasteiger charge is 2.30. The molecule has 0 unspecified atom stereocenters. The van der Waals surface area contributed by atoms with E-state index in [2.05, 4.69) is 62.4 Å². The van der Waals surface area contributed by atoms with Gasteiger partial charge in [0.2, 0.25) is 0 Å². The van der Waals surface area contributed by atoms with Crippen LogP contribution < -0.4 is 0 Å². The summed E-state index contributed by atoms with van der Waals surface area (Å²) in [5.74, 6) is 3.91.